The Balaban J connectivity index is 1.39. The smallest absolute Gasteiger partial charge is 0.326 e. The Morgan fingerprint density at radius 1 is 0.391 bits per heavy atom. The fraction of sp³-hybridized carbons (Fsp3) is 0.381. The summed E-state index contributed by atoms with van der Waals surface area (Å²) in [6, 6.07) is 12.4. The van der Waals surface area contributed by atoms with Crippen molar-refractivity contribution in [1.82, 2.24) is 52.8 Å². The van der Waals surface area contributed by atoms with Crippen LogP contribution in [0.25, 0.3) is 10.9 Å². The normalized spacial score (nSPS) is 14.4. The van der Waals surface area contributed by atoms with Crippen molar-refractivity contribution >= 4 is 87.9 Å². The van der Waals surface area contributed by atoms with Crippen molar-refractivity contribution in [3.63, 3.8) is 0 Å². The minimum atomic E-state index is -2.09. The predicted molar refractivity (Wildman–Crippen MR) is 329 cm³/mol. The van der Waals surface area contributed by atoms with E-state index in [1.165, 1.54) is 38.1 Å². The van der Waals surface area contributed by atoms with Crippen molar-refractivity contribution in [3.05, 3.63) is 138 Å². The number of aromatic hydroxyl groups is 1. The van der Waals surface area contributed by atoms with Gasteiger partial charge in [0, 0.05) is 42.8 Å². The number of H-pyrrole nitrogens is 1. The molecule has 5 aromatic rings. The largest absolute Gasteiger partial charge is 0.508 e. The van der Waals surface area contributed by atoms with Crippen molar-refractivity contribution in [2.75, 3.05) is 0 Å². The minimum Gasteiger partial charge on any atom is -0.508 e. The molecule has 0 bridgehead atoms. The highest BCUT2D eigenvalue weighted by Gasteiger charge is 2.37. The summed E-state index contributed by atoms with van der Waals surface area (Å²) < 4.78 is 0. The summed E-state index contributed by atoms with van der Waals surface area (Å²) in [4.78, 5) is 178. The molecule has 17 N–H and O–H groups in total. The molecule has 0 fully saturated rings. The number of aromatic amines is 1. The number of rotatable bonds is 35. The number of amides is 9. The lowest BCUT2D eigenvalue weighted by molar-refractivity contribution is -0.144. The molecule has 92 heavy (non-hydrogen) atoms. The number of aromatic nitrogens is 1. The van der Waals surface area contributed by atoms with E-state index in [0.29, 0.717) is 33.2 Å². The topological polar surface area (TPSA) is 473 Å². The second kappa shape index (κ2) is 34.3. The number of nitrogens with two attached hydrogens (primary N) is 1. The van der Waals surface area contributed by atoms with E-state index >= 15 is 0 Å². The van der Waals surface area contributed by atoms with Gasteiger partial charge in [0.15, 0.2) is 0 Å². The Morgan fingerprint density at radius 2 is 0.739 bits per heavy atom. The van der Waals surface area contributed by atoms with E-state index in [1.807, 2.05) is 0 Å². The maximum absolute atomic E-state index is 14.5. The number of fused-ring (bicyclic) bond motifs is 1. The molecular formula is C63H77N11O18. The molecule has 5 rings (SSSR count). The zero-order valence-corrected chi connectivity index (χ0v) is 51.0. The molecule has 29 nitrogen and oxygen atoms in total. The number of hydrogen-bond acceptors (Lipinski definition) is 15. The number of benzene rings is 4. The SMILES string of the molecule is CC(C)[C@H](N)C(=O)N[C@@H](Cc1ccccc1)C(=O)N[C@@H](Cc1c[nH]c2ccccc12)C(=O)N[C@@H](CC(=O)O)C(=O)N[C@@H](CC(=O)O)C(=O)N[C@@H](C)C(=O)N[C@@H](Cc1ccc(O)cc1)C(=O)N[C@@H](Cc1ccccc1)C(=O)N[C@@H](CC(=O)O)C(=O)N[C@H](C(=O)O)C(C)C. The number of carboxylic acids is 4. The van der Waals surface area contributed by atoms with Gasteiger partial charge in [0.1, 0.15) is 60.1 Å². The molecule has 9 amide bonds. The third kappa shape index (κ3) is 22.4. The monoisotopic (exact) mass is 1280 g/mol. The molecule has 0 saturated heterocycles. The van der Waals surface area contributed by atoms with Crippen LogP contribution in [-0.2, 0) is 88.0 Å². The van der Waals surface area contributed by atoms with Crippen LogP contribution in [0.1, 0.15) is 76.1 Å². The van der Waals surface area contributed by atoms with Gasteiger partial charge in [-0.25, -0.2) is 4.79 Å². The highest BCUT2D eigenvalue weighted by molar-refractivity contribution is 6.00. The third-order valence-electron chi connectivity index (χ3n) is 14.6. The highest BCUT2D eigenvalue weighted by Crippen LogP contribution is 2.20. The third-order valence-corrected chi connectivity index (χ3v) is 14.6. The number of carbonyl (C=O) groups excluding carboxylic acids is 9. The molecule has 0 radical (unpaired) electrons. The molecule has 0 aliphatic carbocycles. The Labute approximate surface area is 527 Å². The average Bonchev–Trinajstić information content (AvgIpc) is 1.68. The van der Waals surface area contributed by atoms with Crippen LogP contribution in [0.5, 0.6) is 5.75 Å². The molecule has 1 aromatic heterocycles. The quantitative estimate of drug-likeness (QED) is 0.0247. The molecule has 0 saturated carbocycles. The van der Waals surface area contributed by atoms with Crippen LogP contribution in [0.2, 0.25) is 0 Å². The number of hydrogen-bond donors (Lipinski definition) is 16. The van der Waals surface area contributed by atoms with Gasteiger partial charge in [0.2, 0.25) is 53.2 Å². The molecule has 492 valence electrons. The van der Waals surface area contributed by atoms with Gasteiger partial charge in [0.05, 0.1) is 25.3 Å². The van der Waals surface area contributed by atoms with Crippen LogP contribution < -0.4 is 53.6 Å². The first-order valence-electron chi connectivity index (χ1n) is 29.3. The first-order chi connectivity index (χ1) is 43.5. The van der Waals surface area contributed by atoms with Crippen LogP contribution >= 0.6 is 0 Å². The van der Waals surface area contributed by atoms with Crippen LogP contribution in [-0.4, -0.2) is 168 Å². The molecule has 0 aliphatic heterocycles. The van der Waals surface area contributed by atoms with Crippen LogP contribution in [0, 0.1) is 11.8 Å². The van der Waals surface area contributed by atoms with Crippen LogP contribution in [0.3, 0.4) is 0 Å². The Kier molecular flexibility index (Phi) is 26.9. The Morgan fingerprint density at radius 3 is 1.15 bits per heavy atom. The van der Waals surface area contributed by atoms with Gasteiger partial charge in [-0.15, -0.1) is 0 Å². The zero-order valence-electron chi connectivity index (χ0n) is 51.0. The standard InChI is InChI=1S/C63H77N11O18/c1-32(2)52(64)62(90)73-44(25-36-16-10-7-11-17-36)58(86)69-45(27-38-31-65-41-19-13-12-18-40(38)41)59(87)71-47(29-50(78)79)60(88)70-46(28-49(76)77)55(83)66-34(5)54(82)67-42(26-37-20-22-39(75)23-21-37)56(84)68-43(24-35-14-8-6-9-15-35)57(85)72-48(30-51(80)81)61(89)74-53(33(3)4)63(91)92/h6-23,31-34,42-48,52-53,65,75H,24-30,64H2,1-5H3,(H,66,83)(H,67,82)(H,68,84)(H,69,86)(H,70,88)(H,71,87)(H,72,85)(H,73,90)(H,74,89)(H,76,77)(H,78,79)(H,80,81)(H,91,92)/t34-,42-,43-,44-,45-,46-,47-,48-,52-,53-/m0/s1. The van der Waals surface area contributed by atoms with Crippen molar-refractivity contribution < 1.29 is 87.9 Å². The van der Waals surface area contributed by atoms with E-state index in [2.05, 4.69) is 52.8 Å². The second-order valence-corrected chi connectivity index (χ2v) is 22.6. The van der Waals surface area contributed by atoms with Crippen LogP contribution in [0.15, 0.2) is 115 Å². The Hall–Kier alpha value is -10.7. The van der Waals surface area contributed by atoms with Gasteiger partial charge < -0.3 is 84.1 Å². The summed E-state index contributed by atoms with van der Waals surface area (Å²) in [5.74, 6) is -17.4. The summed E-state index contributed by atoms with van der Waals surface area (Å²) in [5.41, 5.74) is 8.65. The summed E-state index contributed by atoms with van der Waals surface area (Å²) in [5, 5.41) is 71.5. The van der Waals surface area contributed by atoms with Crippen molar-refractivity contribution in [2.24, 2.45) is 17.6 Å². The van der Waals surface area contributed by atoms with E-state index < -0.39 is 163 Å². The summed E-state index contributed by atoms with van der Waals surface area (Å²) >= 11 is 0. The van der Waals surface area contributed by atoms with Gasteiger partial charge in [-0.05, 0) is 59.2 Å². The maximum atomic E-state index is 14.5. The molecule has 29 heteroatoms. The summed E-state index contributed by atoms with van der Waals surface area (Å²) in [6.45, 7) is 7.48. The van der Waals surface area contributed by atoms with Gasteiger partial charge in [-0.1, -0.05) is 119 Å². The van der Waals surface area contributed by atoms with Crippen molar-refractivity contribution in [3.8, 4) is 5.75 Å². The lowest BCUT2D eigenvalue weighted by Gasteiger charge is -2.27. The molecule has 4 aromatic carbocycles. The second-order valence-electron chi connectivity index (χ2n) is 22.6. The van der Waals surface area contributed by atoms with Crippen molar-refractivity contribution in [1.29, 1.82) is 0 Å². The number of aliphatic carboxylic acids is 4. The van der Waals surface area contributed by atoms with Crippen LogP contribution in [0.4, 0.5) is 0 Å². The number of phenolic OH excluding ortho intramolecular Hbond substituents is 1. The zero-order chi connectivity index (χ0) is 67.9. The van der Waals surface area contributed by atoms with Gasteiger partial charge in [-0.2, -0.15) is 0 Å². The summed E-state index contributed by atoms with van der Waals surface area (Å²) in [7, 11) is 0. The molecule has 1 heterocycles. The highest BCUT2D eigenvalue weighted by atomic mass is 16.4. The molecule has 0 unspecified atom stereocenters. The van der Waals surface area contributed by atoms with Gasteiger partial charge >= 0.3 is 23.9 Å². The fourth-order valence-electron chi connectivity index (χ4n) is 9.45. The lowest BCUT2D eigenvalue weighted by Crippen LogP contribution is -2.61. The first-order valence-corrected chi connectivity index (χ1v) is 29.3. The van der Waals surface area contributed by atoms with Gasteiger partial charge in [-0.3, -0.25) is 57.5 Å². The number of carboxylic acid groups (broad SMARTS) is 4. The molecule has 0 aliphatic rings. The first kappa shape index (κ1) is 72.0. The lowest BCUT2D eigenvalue weighted by atomic mass is 10.00. The maximum Gasteiger partial charge on any atom is 0.326 e. The van der Waals surface area contributed by atoms with Crippen molar-refractivity contribution in [2.45, 2.75) is 140 Å². The van der Waals surface area contributed by atoms with E-state index in [0.717, 1.165) is 6.92 Å². The fourth-order valence-corrected chi connectivity index (χ4v) is 9.45. The molecule has 0 spiro atoms. The summed E-state index contributed by atoms with van der Waals surface area (Å²) in [6.07, 6.45) is -2.81. The number of nitrogens with one attached hydrogen (secondary N) is 10. The van der Waals surface area contributed by atoms with Gasteiger partial charge in [0.25, 0.3) is 0 Å². The van der Waals surface area contributed by atoms with E-state index in [-0.39, 0.29) is 37.4 Å². The predicted octanol–water partition coefficient (Wildman–Crippen LogP) is -0.325. The minimum absolute atomic E-state index is 0.0735. The number of carbonyl (C=O) groups is 13. The number of para-hydroxylation sites is 1. The molecular weight excluding hydrogens is 1200 g/mol. The van der Waals surface area contributed by atoms with E-state index in [4.69, 9.17) is 5.73 Å². The Bertz CT molecular complexity index is 3450. The number of phenols is 1. The average molecular weight is 1280 g/mol. The molecule has 10 atom stereocenters. The van der Waals surface area contributed by atoms with E-state index in [1.54, 1.807) is 105 Å². The van der Waals surface area contributed by atoms with E-state index in [9.17, 15) is 87.9 Å².